The van der Waals surface area contributed by atoms with E-state index in [1.165, 1.54) is 51.7 Å². The zero-order valence-corrected chi connectivity index (χ0v) is 14.2. The summed E-state index contributed by atoms with van der Waals surface area (Å²) in [6, 6.07) is 1.23. The van der Waals surface area contributed by atoms with Crippen LogP contribution in [0.3, 0.4) is 0 Å². The van der Waals surface area contributed by atoms with Crippen LogP contribution in [0.4, 0.5) is 0 Å². The highest BCUT2D eigenvalue weighted by molar-refractivity contribution is 4.95. The summed E-state index contributed by atoms with van der Waals surface area (Å²) in [5.74, 6) is 2.41. The molecule has 1 N–H and O–H groups in total. The van der Waals surface area contributed by atoms with Crippen LogP contribution in [0.1, 0.15) is 52.4 Å². The van der Waals surface area contributed by atoms with Crippen LogP contribution >= 0.6 is 0 Å². The summed E-state index contributed by atoms with van der Waals surface area (Å²) in [5, 5.41) is 10.5. The van der Waals surface area contributed by atoms with Crippen molar-refractivity contribution in [3.8, 4) is 0 Å². The topological polar surface area (TPSA) is 26.7 Å². The van der Waals surface area contributed by atoms with Gasteiger partial charge in [0.1, 0.15) is 0 Å². The normalized spacial score (nSPS) is 43.0. The number of hydrogen-bond acceptors (Lipinski definition) is 3. The minimum Gasteiger partial charge on any atom is -0.391 e. The summed E-state index contributed by atoms with van der Waals surface area (Å²) in [6.07, 6.45) is 7.41. The number of aliphatic hydroxyl groups excluding tert-OH is 1. The van der Waals surface area contributed by atoms with Gasteiger partial charge in [0.05, 0.1) is 6.10 Å². The standard InChI is InChI=1S/C18H34N2O/c1-13(2)14-6-7-18(21)17(11-14)20-10-8-16-15(12-20)5-4-9-19(16)3/h13-18,21H,4-12H2,1-3H3. The maximum absolute atomic E-state index is 10.5. The summed E-state index contributed by atoms with van der Waals surface area (Å²) in [7, 11) is 2.30. The van der Waals surface area contributed by atoms with Gasteiger partial charge in [-0.2, -0.15) is 0 Å². The van der Waals surface area contributed by atoms with E-state index in [1.54, 1.807) is 0 Å². The number of likely N-dealkylation sites (tertiary alicyclic amines) is 2. The molecule has 0 spiro atoms. The zero-order valence-electron chi connectivity index (χ0n) is 14.2. The first-order valence-corrected chi connectivity index (χ1v) is 9.18. The van der Waals surface area contributed by atoms with Crippen molar-refractivity contribution in [3.63, 3.8) is 0 Å². The second kappa shape index (κ2) is 6.55. The van der Waals surface area contributed by atoms with Crippen molar-refractivity contribution in [1.29, 1.82) is 0 Å². The Morgan fingerprint density at radius 3 is 2.57 bits per heavy atom. The minimum absolute atomic E-state index is 0.0853. The van der Waals surface area contributed by atoms with Crippen LogP contribution in [-0.4, -0.2) is 59.8 Å². The fourth-order valence-electron chi connectivity index (χ4n) is 5.14. The monoisotopic (exact) mass is 294 g/mol. The first kappa shape index (κ1) is 15.8. The van der Waals surface area contributed by atoms with Crippen molar-refractivity contribution in [2.45, 2.75) is 70.6 Å². The van der Waals surface area contributed by atoms with Crippen LogP contribution in [0.15, 0.2) is 0 Å². The molecular formula is C18H34N2O. The van der Waals surface area contributed by atoms with Crippen LogP contribution in [0.25, 0.3) is 0 Å². The zero-order chi connectivity index (χ0) is 15.0. The molecule has 3 aliphatic rings. The molecule has 0 radical (unpaired) electrons. The number of hydrogen-bond donors (Lipinski definition) is 1. The third-order valence-corrected chi connectivity index (χ3v) is 6.61. The van der Waals surface area contributed by atoms with Crippen molar-refractivity contribution >= 4 is 0 Å². The van der Waals surface area contributed by atoms with Gasteiger partial charge in [-0.15, -0.1) is 0 Å². The highest BCUT2D eigenvalue weighted by atomic mass is 16.3. The molecular weight excluding hydrogens is 260 g/mol. The largest absolute Gasteiger partial charge is 0.391 e. The summed E-state index contributed by atoms with van der Waals surface area (Å²) in [4.78, 5) is 5.24. The highest BCUT2D eigenvalue weighted by Crippen LogP contribution is 2.36. The van der Waals surface area contributed by atoms with E-state index in [0.717, 1.165) is 30.2 Å². The van der Waals surface area contributed by atoms with Crippen molar-refractivity contribution in [2.75, 3.05) is 26.7 Å². The van der Waals surface area contributed by atoms with Gasteiger partial charge in [-0.1, -0.05) is 13.8 Å². The lowest BCUT2D eigenvalue weighted by Crippen LogP contribution is -2.58. The fourth-order valence-corrected chi connectivity index (χ4v) is 5.14. The van der Waals surface area contributed by atoms with E-state index in [4.69, 9.17) is 0 Å². The molecule has 0 aromatic rings. The molecule has 0 amide bonds. The predicted molar refractivity (Wildman–Crippen MR) is 87.3 cm³/mol. The molecule has 2 heterocycles. The van der Waals surface area contributed by atoms with Gasteiger partial charge in [0.25, 0.3) is 0 Å². The van der Waals surface area contributed by atoms with Crippen molar-refractivity contribution in [3.05, 3.63) is 0 Å². The predicted octanol–water partition coefficient (Wildman–Crippen LogP) is 2.59. The molecule has 0 aromatic carbocycles. The third kappa shape index (κ3) is 3.30. The smallest absolute Gasteiger partial charge is 0.0695 e. The van der Waals surface area contributed by atoms with Gasteiger partial charge in [-0.3, -0.25) is 4.90 Å². The van der Waals surface area contributed by atoms with Gasteiger partial charge in [-0.05, 0) is 69.9 Å². The van der Waals surface area contributed by atoms with E-state index in [-0.39, 0.29) is 6.10 Å². The molecule has 0 aromatic heterocycles. The summed E-state index contributed by atoms with van der Waals surface area (Å²) >= 11 is 0. The van der Waals surface area contributed by atoms with E-state index in [2.05, 4.69) is 30.7 Å². The third-order valence-electron chi connectivity index (χ3n) is 6.61. The van der Waals surface area contributed by atoms with Crippen molar-refractivity contribution in [1.82, 2.24) is 9.80 Å². The molecule has 3 fully saturated rings. The fraction of sp³-hybridized carbons (Fsp3) is 1.00. The Labute approximate surface area is 130 Å². The summed E-state index contributed by atoms with van der Waals surface area (Å²) in [6.45, 7) is 8.39. The maximum Gasteiger partial charge on any atom is 0.0695 e. The maximum atomic E-state index is 10.5. The van der Waals surface area contributed by atoms with Crippen molar-refractivity contribution < 1.29 is 5.11 Å². The first-order chi connectivity index (χ1) is 10.1. The second-order valence-corrected chi connectivity index (χ2v) is 8.19. The van der Waals surface area contributed by atoms with Crippen molar-refractivity contribution in [2.24, 2.45) is 17.8 Å². The molecule has 3 nitrogen and oxygen atoms in total. The molecule has 0 bridgehead atoms. The number of piperidine rings is 2. The molecule has 5 atom stereocenters. The molecule has 2 aliphatic heterocycles. The number of nitrogens with zero attached hydrogens (tertiary/aromatic N) is 2. The Morgan fingerprint density at radius 1 is 1.00 bits per heavy atom. The van der Waals surface area contributed by atoms with Crippen LogP contribution in [0.2, 0.25) is 0 Å². The Morgan fingerprint density at radius 2 is 1.81 bits per heavy atom. The average molecular weight is 294 g/mol. The summed E-state index contributed by atoms with van der Waals surface area (Å²) < 4.78 is 0. The first-order valence-electron chi connectivity index (χ1n) is 9.18. The van der Waals surface area contributed by atoms with Gasteiger partial charge in [0.15, 0.2) is 0 Å². The van der Waals surface area contributed by atoms with E-state index < -0.39 is 0 Å². The lowest BCUT2D eigenvalue weighted by atomic mass is 9.76. The number of rotatable bonds is 2. The second-order valence-electron chi connectivity index (χ2n) is 8.19. The average Bonchev–Trinajstić information content (AvgIpc) is 2.47. The quantitative estimate of drug-likeness (QED) is 0.848. The molecule has 1 aliphatic carbocycles. The highest BCUT2D eigenvalue weighted by Gasteiger charge is 2.40. The Bertz CT molecular complexity index is 346. The molecule has 21 heavy (non-hydrogen) atoms. The molecule has 2 saturated heterocycles. The molecule has 3 heteroatoms. The van der Waals surface area contributed by atoms with Gasteiger partial charge in [0.2, 0.25) is 0 Å². The Hall–Kier alpha value is -0.120. The van der Waals surface area contributed by atoms with E-state index in [0.29, 0.717) is 6.04 Å². The minimum atomic E-state index is -0.0853. The van der Waals surface area contributed by atoms with Gasteiger partial charge in [-0.25, -0.2) is 0 Å². The van der Waals surface area contributed by atoms with E-state index in [1.807, 2.05) is 0 Å². The molecule has 5 unspecified atom stereocenters. The van der Waals surface area contributed by atoms with Crippen LogP contribution in [-0.2, 0) is 0 Å². The van der Waals surface area contributed by atoms with Gasteiger partial charge >= 0.3 is 0 Å². The Balaban J connectivity index is 1.63. The molecule has 1 saturated carbocycles. The number of fused-ring (bicyclic) bond motifs is 1. The molecule has 122 valence electrons. The summed E-state index contributed by atoms with van der Waals surface area (Å²) in [5.41, 5.74) is 0. The van der Waals surface area contributed by atoms with E-state index in [9.17, 15) is 5.11 Å². The van der Waals surface area contributed by atoms with Gasteiger partial charge < -0.3 is 10.0 Å². The molecule has 3 rings (SSSR count). The van der Waals surface area contributed by atoms with Crippen LogP contribution in [0.5, 0.6) is 0 Å². The van der Waals surface area contributed by atoms with Gasteiger partial charge in [0, 0.05) is 25.2 Å². The lowest BCUT2D eigenvalue weighted by Gasteiger charge is -2.50. The van der Waals surface area contributed by atoms with Crippen LogP contribution < -0.4 is 0 Å². The van der Waals surface area contributed by atoms with E-state index >= 15 is 0 Å². The lowest BCUT2D eigenvalue weighted by molar-refractivity contribution is -0.0451. The number of aliphatic hydroxyl groups is 1. The van der Waals surface area contributed by atoms with Crippen LogP contribution in [0, 0.1) is 17.8 Å². The SMILES string of the molecule is CC(C)C1CCC(O)C(N2CCC3C(CCCN3C)C2)C1. The Kier molecular flexibility index (Phi) is 4.92.